The quantitative estimate of drug-likeness (QED) is 0.876. The second-order valence-corrected chi connectivity index (χ2v) is 5.17. The molecule has 0 spiro atoms. The summed E-state index contributed by atoms with van der Waals surface area (Å²) in [5.74, 6) is 0. The van der Waals surface area contributed by atoms with Crippen molar-refractivity contribution in [1.82, 2.24) is 5.32 Å². The second kappa shape index (κ2) is 5.30. The van der Waals surface area contributed by atoms with Gasteiger partial charge in [-0.05, 0) is 35.5 Å². The molecule has 2 atom stereocenters. The summed E-state index contributed by atoms with van der Waals surface area (Å²) in [5.41, 5.74) is -1.43. The van der Waals surface area contributed by atoms with Gasteiger partial charge in [-0.25, -0.2) is 8.78 Å². The van der Waals surface area contributed by atoms with E-state index in [0.717, 1.165) is 10.1 Å². The first-order chi connectivity index (χ1) is 8.65. The molecule has 1 aromatic heterocycles. The monoisotopic (exact) mass is 271 g/mol. The maximum atomic E-state index is 13.2. The van der Waals surface area contributed by atoms with Crippen molar-refractivity contribution in [3.63, 3.8) is 0 Å². The predicted molar refractivity (Wildman–Crippen MR) is 70.5 cm³/mol. The normalized spacial score (nSPS) is 16.7. The molecule has 0 aliphatic carbocycles. The standard InChI is InChI=1S/C13H15F2NOS/c1-16-12(7-14)13(17,8-15)10-3-2-9-4-5-18-11(9)6-10/h2-6,12,16-17H,7-8H2,1H3. The maximum absolute atomic E-state index is 13.2. The van der Waals surface area contributed by atoms with Crippen LogP contribution in [0.4, 0.5) is 8.78 Å². The fraction of sp³-hybridized carbons (Fsp3) is 0.385. The number of hydrogen-bond acceptors (Lipinski definition) is 3. The van der Waals surface area contributed by atoms with Gasteiger partial charge in [0, 0.05) is 4.70 Å². The Labute approximate surface area is 108 Å². The number of thiophene rings is 1. The first-order valence-electron chi connectivity index (χ1n) is 5.65. The predicted octanol–water partition coefficient (Wildman–Crippen LogP) is 2.62. The lowest BCUT2D eigenvalue weighted by atomic mass is 9.87. The molecule has 2 unspecified atom stereocenters. The molecule has 2 aromatic rings. The van der Waals surface area contributed by atoms with Crippen LogP contribution in [0.2, 0.25) is 0 Å². The molecule has 2 nitrogen and oxygen atoms in total. The molecule has 0 aliphatic rings. The average molecular weight is 271 g/mol. The number of nitrogens with one attached hydrogen (secondary N) is 1. The highest BCUT2D eigenvalue weighted by Gasteiger charge is 2.38. The van der Waals surface area contributed by atoms with Crippen molar-refractivity contribution in [2.75, 3.05) is 20.4 Å². The number of aliphatic hydroxyl groups is 1. The van der Waals surface area contributed by atoms with E-state index in [0.29, 0.717) is 5.56 Å². The molecule has 2 rings (SSSR count). The van der Waals surface area contributed by atoms with Gasteiger partial charge in [-0.1, -0.05) is 12.1 Å². The minimum Gasteiger partial charge on any atom is -0.381 e. The van der Waals surface area contributed by atoms with E-state index in [-0.39, 0.29) is 0 Å². The maximum Gasteiger partial charge on any atom is 0.136 e. The van der Waals surface area contributed by atoms with E-state index in [2.05, 4.69) is 5.32 Å². The Hall–Kier alpha value is -1.04. The third kappa shape index (κ3) is 2.13. The number of alkyl halides is 2. The van der Waals surface area contributed by atoms with Crippen LogP contribution in [0.3, 0.4) is 0 Å². The van der Waals surface area contributed by atoms with E-state index < -0.39 is 25.0 Å². The van der Waals surface area contributed by atoms with Gasteiger partial charge in [0.05, 0.1) is 6.04 Å². The minimum absolute atomic E-state index is 0.400. The first kappa shape index (κ1) is 13.4. The summed E-state index contributed by atoms with van der Waals surface area (Å²) in [6.45, 7) is -1.86. The smallest absolute Gasteiger partial charge is 0.136 e. The van der Waals surface area contributed by atoms with Crippen LogP contribution >= 0.6 is 11.3 Å². The topological polar surface area (TPSA) is 32.3 Å². The second-order valence-electron chi connectivity index (χ2n) is 4.23. The van der Waals surface area contributed by atoms with Crippen LogP contribution in [0.1, 0.15) is 5.56 Å². The van der Waals surface area contributed by atoms with Crippen LogP contribution in [0, 0.1) is 0 Å². The van der Waals surface area contributed by atoms with E-state index in [9.17, 15) is 13.9 Å². The van der Waals surface area contributed by atoms with Crippen LogP contribution in [-0.4, -0.2) is 31.5 Å². The van der Waals surface area contributed by atoms with Crippen molar-refractivity contribution in [2.24, 2.45) is 0 Å². The van der Waals surface area contributed by atoms with E-state index in [1.165, 1.54) is 18.4 Å². The van der Waals surface area contributed by atoms with Crippen molar-refractivity contribution >= 4 is 21.4 Å². The van der Waals surface area contributed by atoms with Crippen molar-refractivity contribution in [2.45, 2.75) is 11.6 Å². The van der Waals surface area contributed by atoms with Crippen LogP contribution in [-0.2, 0) is 5.60 Å². The number of likely N-dealkylation sites (N-methyl/N-ethyl adjacent to an activating group) is 1. The largest absolute Gasteiger partial charge is 0.381 e. The van der Waals surface area contributed by atoms with E-state index >= 15 is 0 Å². The Morgan fingerprint density at radius 2 is 2.17 bits per heavy atom. The van der Waals surface area contributed by atoms with Gasteiger partial charge in [-0.3, -0.25) is 0 Å². The van der Waals surface area contributed by atoms with Crippen LogP contribution in [0.15, 0.2) is 29.6 Å². The lowest BCUT2D eigenvalue weighted by molar-refractivity contribution is -0.0293. The van der Waals surface area contributed by atoms with Crippen molar-refractivity contribution < 1.29 is 13.9 Å². The van der Waals surface area contributed by atoms with Gasteiger partial charge in [0.15, 0.2) is 0 Å². The number of benzene rings is 1. The van der Waals surface area contributed by atoms with Gasteiger partial charge in [0.1, 0.15) is 19.0 Å². The van der Waals surface area contributed by atoms with E-state index in [1.807, 2.05) is 17.5 Å². The minimum atomic E-state index is -1.83. The highest BCUT2D eigenvalue weighted by Crippen LogP contribution is 2.31. The van der Waals surface area contributed by atoms with Crippen molar-refractivity contribution in [3.8, 4) is 0 Å². The molecule has 5 heteroatoms. The Balaban J connectivity index is 2.47. The molecule has 0 saturated carbocycles. The van der Waals surface area contributed by atoms with Crippen LogP contribution in [0.25, 0.3) is 10.1 Å². The molecule has 0 bridgehead atoms. The number of fused-ring (bicyclic) bond motifs is 1. The van der Waals surface area contributed by atoms with Crippen molar-refractivity contribution in [3.05, 3.63) is 35.2 Å². The Kier molecular flexibility index (Phi) is 3.94. The van der Waals surface area contributed by atoms with Gasteiger partial charge in [-0.2, -0.15) is 0 Å². The Morgan fingerprint density at radius 1 is 1.39 bits per heavy atom. The van der Waals surface area contributed by atoms with E-state index in [1.54, 1.807) is 12.1 Å². The average Bonchev–Trinajstić information content (AvgIpc) is 2.86. The molecule has 0 aliphatic heterocycles. The summed E-state index contributed by atoms with van der Waals surface area (Å²) in [6, 6.07) is 6.17. The molecule has 0 saturated heterocycles. The molecule has 2 N–H and O–H groups in total. The highest BCUT2D eigenvalue weighted by molar-refractivity contribution is 7.17. The Morgan fingerprint density at radius 3 is 2.78 bits per heavy atom. The van der Waals surface area contributed by atoms with Crippen LogP contribution in [0.5, 0.6) is 0 Å². The zero-order valence-corrected chi connectivity index (χ0v) is 10.8. The fourth-order valence-electron chi connectivity index (χ4n) is 2.04. The number of hydrogen-bond donors (Lipinski definition) is 2. The van der Waals surface area contributed by atoms with Gasteiger partial charge in [0.2, 0.25) is 0 Å². The molecular formula is C13H15F2NOS. The molecule has 1 heterocycles. The summed E-state index contributed by atoms with van der Waals surface area (Å²) >= 11 is 1.51. The molecule has 98 valence electrons. The Bertz CT molecular complexity index is 526. The third-order valence-corrected chi connectivity index (χ3v) is 4.12. The zero-order chi connectivity index (χ0) is 13.2. The first-order valence-corrected chi connectivity index (χ1v) is 6.53. The fourth-order valence-corrected chi connectivity index (χ4v) is 2.87. The highest BCUT2D eigenvalue weighted by atomic mass is 32.1. The summed E-state index contributed by atoms with van der Waals surface area (Å²) < 4.78 is 27.1. The molecule has 0 radical (unpaired) electrons. The summed E-state index contributed by atoms with van der Waals surface area (Å²) in [4.78, 5) is 0. The van der Waals surface area contributed by atoms with Gasteiger partial charge in [-0.15, -0.1) is 11.3 Å². The molecule has 1 aromatic carbocycles. The van der Waals surface area contributed by atoms with Gasteiger partial charge >= 0.3 is 0 Å². The zero-order valence-electron chi connectivity index (χ0n) is 9.99. The van der Waals surface area contributed by atoms with Crippen molar-refractivity contribution in [1.29, 1.82) is 0 Å². The summed E-state index contributed by atoms with van der Waals surface area (Å²) in [5, 5.41) is 16.0. The third-order valence-electron chi connectivity index (χ3n) is 3.24. The molecular weight excluding hydrogens is 256 g/mol. The van der Waals surface area contributed by atoms with E-state index in [4.69, 9.17) is 0 Å². The molecule has 18 heavy (non-hydrogen) atoms. The lowest BCUT2D eigenvalue weighted by Crippen LogP contribution is -2.50. The van der Waals surface area contributed by atoms with Crippen LogP contribution < -0.4 is 5.32 Å². The lowest BCUT2D eigenvalue weighted by Gasteiger charge is -2.32. The van der Waals surface area contributed by atoms with Gasteiger partial charge < -0.3 is 10.4 Å². The van der Waals surface area contributed by atoms with Gasteiger partial charge in [0.25, 0.3) is 0 Å². The summed E-state index contributed by atoms with van der Waals surface area (Å²) in [7, 11) is 1.51. The summed E-state index contributed by atoms with van der Waals surface area (Å²) in [6.07, 6.45) is 0. The SMILES string of the molecule is CNC(CF)C(O)(CF)c1ccc2ccsc2c1. The molecule has 0 amide bonds. The number of rotatable bonds is 5. The number of halogens is 2. The molecule has 0 fully saturated rings.